The minimum Gasteiger partial charge on any atom is -0.286 e. The fourth-order valence-corrected chi connectivity index (χ4v) is 0.968. The van der Waals surface area contributed by atoms with Crippen LogP contribution in [0.1, 0.15) is 13.8 Å². The van der Waals surface area contributed by atoms with Crippen LogP contribution in [0.4, 0.5) is 0 Å². The monoisotopic (exact) mass is 163 g/mol. The maximum absolute atomic E-state index is 10.8. The molecule has 60 valence electrons. The van der Waals surface area contributed by atoms with Crippen molar-refractivity contribution in [2.45, 2.75) is 13.8 Å². The van der Waals surface area contributed by atoms with E-state index in [2.05, 4.69) is 0 Å². The van der Waals surface area contributed by atoms with Crippen LogP contribution >= 0.6 is 11.8 Å². The maximum Gasteiger partial charge on any atom is 0.255 e. The molecule has 1 amide bonds. The molecule has 0 aromatic rings. The summed E-state index contributed by atoms with van der Waals surface area (Å²) in [7, 11) is 0. The van der Waals surface area contributed by atoms with Crippen molar-refractivity contribution in [3.63, 3.8) is 0 Å². The largest absolute Gasteiger partial charge is 0.286 e. The van der Waals surface area contributed by atoms with E-state index in [1.54, 1.807) is 6.92 Å². The van der Waals surface area contributed by atoms with Gasteiger partial charge in [-0.3, -0.25) is 10.0 Å². The Kier molecular flexibility index (Phi) is 5.43. The topological polar surface area (TPSA) is 40.5 Å². The Hall–Kier alpha value is -0.220. The lowest BCUT2D eigenvalue weighted by atomic mass is 10.6. The summed E-state index contributed by atoms with van der Waals surface area (Å²) < 4.78 is 0. The Bertz CT molecular complexity index is 108. The van der Waals surface area contributed by atoms with Gasteiger partial charge in [0.25, 0.3) is 5.91 Å². The van der Waals surface area contributed by atoms with E-state index in [9.17, 15) is 4.79 Å². The van der Waals surface area contributed by atoms with Crippen molar-refractivity contribution >= 4 is 17.7 Å². The van der Waals surface area contributed by atoms with E-state index in [1.165, 1.54) is 11.8 Å². The lowest BCUT2D eigenvalue weighted by molar-refractivity contribution is -0.160. The van der Waals surface area contributed by atoms with Gasteiger partial charge in [-0.2, -0.15) is 11.8 Å². The van der Waals surface area contributed by atoms with Crippen molar-refractivity contribution in [2.24, 2.45) is 0 Å². The molecule has 0 bridgehead atoms. The molecule has 1 N–H and O–H groups in total. The van der Waals surface area contributed by atoms with Crippen LogP contribution in [0.2, 0.25) is 0 Å². The molecule has 3 nitrogen and oxygen atoms in total. The minimum atomic E-state index is -0.214. The van der Waals surface area contributed by atoms with Crippen LogP contribution in [0, 0.1) is 0 Å². The highest BCUT2D eigenvalue weighted by Crippen LogP contribution is 1.99. The Morgan fingerprint density at radius 1 is 1.60 bits per heavy atom. The van der Waals surface area contributed by atoms with Crippen molar-refractivity contribution < 1.29 is 10.0 Å². The number of hydrogen-bond donors (Lipinski definition) is 1. The first kappa shape index (κ1) is 9.78. The molecule has 10 heavy (non-hydrogen) atoms. The number of carbonyl (C=O) groups excluding carboxylic acids is 1. The lowest BCUT2D eigenvalue weighted by Crippen LogP contribution is -2.28. The predicted molar refractivity (Wildman–Crippen MR) is 42.2 cm³/mol. The second kappa shape index (κ2) is 5.56. The van der Waals surface area contributed by atoms with Gasteiger partial charge in [0, 0.05) is 6.54 Å². The second-order valence-electron chi connectivity index (χ2n) is 1.75. The van der Waals surface area contributed by atoms with Crippen molar-refractivity contribution in [1.29, 1.82) is 0 Å². The molecule has 0 radical (unpaired) electrons. The lowest BCUT2D eigenvalue weighted by Gasteiger charge is -2.10. The van der Waals surface area contributed by atoms with Gasteiger partial charge in [0.15, 0.2) is 0 Å². The van der Waals surface area contributed by atoms with E-state index in [-0.39, 0.29) is 5.91 Å². The smallest absolute Gasteiger partial charge is 0.255 e. The summed E-state index contributed by atoms with van der Waals surface area (Å²) in [6.45, 7) is 4.07. The zero-order chi connectivity index (χ0) is 7.98. The Morgan fingerprint density at radius 2 is 2.20 bits per heavy atom. The van der Waals surface area contributed by atoms with Gasteiger partial charge in [0.2, 0.25) is 0 Å². The summed E-state index contributed by atoms with van der Waals surface area (Å²) in [6.07, 6.45) is 0. The molecule has 0 spiro atoms. The normalized spacial score (nSPS) is 9.50. The summed E-state index contributed by atoms with van der Waals surface area (Å²) in [6, 6.07) is 0. The summed E-state index contributed by atoms with van der Waals surface area (Å²) in [5.41, 5.74) is 0. The molecule has 0 fully saturated rings. The molecule has 0 unspecified atom stereocenters. The van der Waals surface area contributed by atoms with E-state index in [4.69, 9.17) is 5.21 Å². The summed E-state index contributed by atoms with van der Waals surface area (Å²) in [4.78, 5) is 10.8. The van der Waals surface area contributed by atoms with Crippen LogP contribution < -0.4 is 0 Å². The van der Waals surface area contributed by atoms with Crippen LogP contribution in [-0.4, -0.2) is 34.2 Å². The van der Waals surface area contributed by atoms with Crippen LogP contribution in [0.15, 0.2) is 0 Å². The first-order chi connectivity index (χ1) is 4.72. The van der Waals surface area contributed by atoms with Crippen LogP contribution in [-0.2, 0) is 4.79 Å². The van der Waals surface area contributed by atoms with Crippen molar-refractivity contribution in [3.8, 4) is 0 Å². The van der Waals surface area contributed by atoms with Gasteiger partial charge in [-0.25, -0.2) is 5.06 Å². The molecule has 0 aromatic heterocycles. The molecular formula is C6H13NO2S. The van der Waals surface area contributed by atoms with Crippen LogP contribution in [0.5, 0.6) is 0 Å². The van der Waals surface area contributed by atoms with Gasteiger partial charge in [0.05, 0.1) is 5.75 Å². The third-order valence-electron chi connectivity index (χ3n) is 1.02. The summed E-state index contributed by atoms with van der Waals surface area (Å²) in [5, 5.41) is 9.56. The van der Waals surface area contributed by atoms with Crippen molar-refractivity contribution in [3.05, 3.63) is 0 Å². The summed E-state index contributed by atoms with van der Waals surface area (Å²) >= 11 is 1.51. The molecule has 0 aromatic carbocycles. The molecular weight excluding hydrogens is 150 g/mol. The van der Waals surface area contributed by atoms with Gasteiger partial charge in [0.1, 0.15) is 0 Å². The van der Waals surface area contributed by atoms with E-state index in [0.717, 1.165) is 10.8 Å². The number of hydrogen-bond acceptors (Lipinski definition) is 3. The average Bonchev–Trinajstić information content (AvgIpc) is 1.98. The zero-order valence-corrected chi connectivity index (χ0v) is 7.15. The zero-order valence-electron chi connectivity index (χ0n) is 6.33. The van der Waals surface area contributed by atoms with Gasteiger partial charge in [-0.15, -0.1) is 0 Å². The van der Waals surface area contributed by atoms with Crippen LogP contribution in [0.25, 0.3) is 0 Å². The number of rotatable bonds is 4. The highest BCUT2D eigenvalue weighted by molar-refractivity contribution is 7.99. The third kappa shape index (κ3) is 3.74. The number of thioether (sulfide) groups is 1. The van der Waals surface area contributed by atoms with Gasteiger partial charge in [-0.1, -0.05) is 6.92 Å². The summed E-state index contributed by atoms with van der Waals surface area (Å²) in [5.74, 6) is 1.07. The van der Waals surface area contributed by atoms with Crippen molar-refractivity contribution in [1.82, 2.24) is 5.06 Å². The molecule has 0 aliphatic rings. The molecule has 0 saturated heterocycles. The number of amides is 1. The first-order valence-electron chi connectivity index (χ1n) is 3.29. The Labute approximate surface area is 65.4 Å². The fraction of sp³-hybridized carbons (Fsp3) is 0.833. The van der Waals surface area contributed by atoms with Crippen molar-refractivity contribution in [2.75, 3.05) is 18.1 Å². The Balaban J connectivity index is 3.42. The maximum atomic E-state index is 10.8. The molecule has 0 aliphatic heterocycles. The van der Waals surface area contributed by atoms with E-state index in [0.29, 0.717) is 12.3 Å². The molecule has 4 heteroatoms. The van der Waals surface area contributed by atoms with E-state index >= 15 is 0 Å². The minimum absolute atomic E-state index is 0.214. The highest BCUT2D eigenvalue weighted by atomic mass is 32.2. The molecule has 0 heterocycles. The van der Waals surface area contributed by atoms with Crippen LogP contribution in [0.3, 0.4) is 0 Å². The highest BCUT2D eigenvalue weighted by Gasteiger charge is 2.06. The van der Waals surface area contributed by atoms with E-state index < -0.39 is 0 Å². The standard InChI is InChI=1S/C6H13NO2S/c1-3-7(9)6(8)5-10-4-2/h9H,3-5H2,1-2H3. The number of hydroxylamine groups is 2. The van der Waals surface area contributed by atoms with E-state index in [1.807, 2.05) is 6.92 Å². The van der Waals surface area contributed by atoms with Gasteiger partial charge < -0.3 is 0 Å². The fourth-order valence-electron chi connectivity index (χ4n) is 0.440. The predicted octanol–water partition coefficient (Wildman–Crippen LogP) is 0.977. The molecule has 0 aliphatic carbocycles. The first-order valence-corrected chi connectivity index (χ1v) is 4.44. The van der Waals surface area contributed by atoms with Gasteiger partial charge >= 0.3 is 0 Å². The molecule has 0 rings (SSSR count). The molecule has 0 atom stereocenters. The number of nitrogens with zero attached hydrogens (tertiary/aromatic N) is 1. The SMILES string of the molecule is CCSCC(=O)N(O)CC. The second-order valence-corrected chi connectivity index (χ2v) is 3.02. The Morgan fingerprint density at radius 3 is 2.60 bits per heavy atom. The molecule has 0 saturated carbocycles. The van der Waals surface area contributed by atoms with Gasteiger partial charge in [-0.05, 0) is 12.7 Å². The number of carbonyl (C=O) groups is 1. The quantitative estimate of drug-likeness (QED) is 0.496. The average molecular weight is 163 g/mol. The third-order valence-corrected chi connectivity index (χ3v) is 1.88.